The number of ether oxygens (including phenoxy) is 2. The average molecular weight is 411 g/mol. The van der Waals surface area contributed by atoms with Crippen molar-refractivity contribution < 1.29 is 18.3 Å². The third-order valence-electron chi connectivity index (χ3n) is 4.55. The molecule has 0 aromatic heterocycles. The monoisotopic (exact) mass is 410 g/mol. The van der Waals surface area contributed by atoms with Gasteiger partial charge in [0.1, 0.15) is 10.8 Å². The van der Waals surface area contributed by atoms with Crippen molar-refractivity contribution in [3.63, 3.8) is 0 Å². The molecule has 0 radical (unpaired) electrons. The van der Waals surface area contributed by atoms with Gasteiger partial charge in [-0.25, -0.2) is 8.78 Å². The molecule has 0 amide bonds. The van der Waals surface area contributed by atoms with E-state index < -0.39 is 11.6 Å². The van der Waals surface area contributed by atoms with Crippen LogP contribution in [-0.4, -0.2) is 13.2 Å². The minimum absolute atomic E-state index is 0.0781. The van der Waals surface area contributed by atoms with Crippen LogP contribution in [0.1, 0.15) is 58.8 Å². The van der Waals surface area contributed by atoms with Gasteiger partial charge in [0.25, 0.3) is 0 Å². The molecule has 2 rings (SSSR count). The van der Waals surface area contributed by atoms with Gasteiger partial charge in [-0.05, 0) is 42.7 Å². The fraction of sp³-hybridized carbons (Fsp3) is 0.478. The van der Waals surface area contributed by atoms with E-state index in [0.717, 1.165) is 44.9 Å². The highest BCUT2D eigenvalue weighted by Gasteiger charge is 2.16. The third kappa shape index (κ3) is 6.37. The summed E-state index contributed by atoms with van der Waals surface area (Å²) in [5, 5.41) is -0.0781. The molecule has 0 saturated heterocycles. The molecular weight excluding hydrogens is 382 g/mol. The SMILES string of the molecule is CCCCCCOc1ccc(-c2ccc(OCCCCC)c(Cl)c2F)cc1F. The van der Waals surface area contributed by atoms with Crippen LogP contribution < -0.4 is 9.47 Å². The molecule has 0 spiro atoms. The second kappa shape index (κ2) is 11.9. The topological polar surface area (TPSA) is 18.5 Å². The maximum absolute atomic E-state index is 14.7. The summed E-state index contributed by atoms with van der Waals surface area (Å²) in [6.45, 7) is 5.20. The fourth-order valence-electron chi connectivity index (χ4n) is 2.90. The average Bonchev–Trinajstić information content (AvgIpc) is 2.69. The van der Waals surface area contributed by atoms with E-state index in [9.17, 15) is 8.78 Å². The van der Waals surface area contributed by atoms with Crippen LogP contribution in [0.5, 0.6) is 11.5 Å². The van der Waals surface area contributed by atoms with Gasteiger partial charge in [0.15, 0.2) is 17.4 Å². The van der Waals surface area contributed by atoms with Crippen LogP contribution in [0.2, 0.25) is 5.02 Å². The van der Waals surface area contributed by atoms with Crippen molar-refractivity contribution in [2.45, 2.75) is 58.8 Å². The van der Waals surface area contributed by atoms with Crippen molar-refractivity contribution in [3.05, 3.63) is 47.0 Å². The van der Waals surface area contributed by atoms with Crippen molar-refractivity contribution in [3.8, 4) is 22.6 Å². The Hall–Kier alpha value is -1.81. The smallest absolute Gasteiger partial charge is 0.165 e. The third-order valence-corrected chi connectivity index (χ3v) is 4.90. The number of halogens is 3. The Kier molecular flexibility index (Phi) is 9.56. The molecule has 2 nitrogen and oxygen atoms in total. The van der Waals surface area contributed by atoms with Crippen molar-refractivity contribution >= 4 is 11.6 Å². The lowest BCUT2D eigenvalue weighted by Crippen LogP contribution is -2.00. The molecule has 2 aromatic carbocycles. The van der Waals surface area contributed by atoms with Gasteiger partial charge in [-0.15, -0.1) is 0 Å². The summed E-state index contributed by atoms with van der Waals surface area (Å²) in [4.78, 5) is 0. The number of hydrogen-bond donors (Lipinski definition) is 0. The highest BCUT2D eigenvalue weighted by atomic mass is 35.5. The zero-order valence-electron chi connectivity index (χ0n) is 16.7. The second-order valence-corrected chi connectivity index (χ2v) is 7.23. The lowest BCUT2D eigenvalue weighted by atomic mass is 10.0. The number of rotatable bonds is 12. The zero-order valence-corrected chi connectivity index (χ0v) is 17.5. The molecule has 154 valence electrons. The summed E-state index contributed by atoms with van der Waals surface area (Å²) in [6, 6.07) is 7.64. The molecular formula is C23H29ClF2O2. The first kappa shape index (κ1) is 22.5. The minimum Gasteiger partial charge on any atom is -0.492 e. The first-order chi connectivity index (χ1) is 13.6. The van der Waals surface area contributed by atoms with Gasteiger partial charge < -0.3 is 9.47 Å². The number of benzene rings is 2. The van der Waals surface area contributed by atoms with Crippen LogP contribution >= 0.6 is 11.6 Å². The molecule has 0 fully saturated rings. The highest BCUT2D eigenvalue weighted by Crippen LogP contribution is 2.36. The standard InChI is InChI=1S/C23H29ClF2O2/c1-3-5-7-9-15-27-20-12-10-17(16-19(20)25)18-11-13-21(22(24)23(18)26)28-14-8-6-4-2/h10-13,16H,3-9,14-15H2,1-2H3. The van der Waals surface area contributed by atoms with E-state index in [0.29, 0.717) is 24.5 Å². The van der Waals surface area contributed by atoms with E-state index in [-0.39, 0.29) is 16.3 Å². The van der Waals surface area contributed by atoms with Crippen molar-refractivity contribution in [2.75, 3.05) is 13.2 Å². The van der Waals surface area contributed by atoms with E-state index in [1.165, 1.54) is 12.1 Å². The lowest BCUT2D eigenvalue weighted by molar-refractivity contribution is 0.290. The molecule has 0 bridgehead atoms. The summed E-state index contributed by atoms with van der Waals surface area (Å²) < 4.78 is 40.1. The summed E-state index contributed by atoms with van der Waals surface area (Å²) in [5.74, 6) is -0.625. The molecule has 5 heteroatoms. The number of hydrogen-bond acceptors (Lipinski definition) is 2. The van der Waals surface area contributed by atoms with Crippen LogP contribution in [0.25, 0.3) is 11.1 Å². The van der Waals surface area contributed by atoms with E-state index in [1.54, 1.807) is 18.2 Å². The Morgan fingerprint density at radius 3 is 2.07 bits per heavy atom. The molecule has 0 atom stereocenters. The van der Waals surface area contributed by atoms with Crippen LogP contribution in [0.4, 0.5) is 8.78 Å². The first-order valence-corrected chi connectivity index (χ1v) is 10.5. The summed E-state index contributed by atoms with van der Waals surface area (Å²) in [7, 11) is 0. The second-order valence-electron chi connectivity index (χ2n) is 6.85. The van der Waals surface area contributed by atoms with E-state index in [1.807, 2.05) is 0 Å². The van der Waals surface area contributed by atoms with Gasteiger partial charge in [0.05, 0.1) is 13.2 Å². The van der Waals surface area contributed by atoms with Crippen LogP contribution in [0, 0.1) is 11.6 Å². The molecule has 0 aliphatic carbocycles. The van der Waals surface area contributed by atoms with Crippen LogP contribution in [0.3, 0.4) is 0 Å². The fourth-order valence-corrected chi connectivity index (χ4v) is 3.12. The van der Waals surface area contributed by atoms with Crippen molar-refractivity contribution in [1.29, 1.82) is 0 Å². The van der Waals surface area contributed by atoms with Crippen molar-refractivity contribution in [2.24, 2.45) is 0 Å². The van der Waals surface area contributed by atoms with Crippen molar-refractivity contribution in [1.82, 2.24) is 0 Å². The molecule has 2 aromatic rings. The summed E-state index contributed by atoms with van der Waals surface area (Å²) in [5.41, 5.74) is 0.645. The maximum Gasteiger partial charge on any atom is 0.165 e. The van der Waals surface area contributed by atoms with Crippen LogP contribution in [0.15, 0.2) is 30.3 Å². The van der Waals surface area contributed by atoms with Gasteiger partial charge in [0, 0.05) is 5.56 Å². The molecule has 0 heterocycles. The largest absolute Gasteiger partial charge is 0.492 e. The predicted octanol–water partition coefficient (Wildman–Crippen LogP) is 7.81. The maximum atomic E-state index is 14.7. The molecule has 0 unspecified atom stereocenters. The predicted molar refractivity (Wildman–Crippen MR) is 111 cm³/mol. The minimum atomic E-state index is -0.609. The van der Waals surface area contributed by atoms with E-state index in [4.69, 9.17) is 21.1 Å². The Morgan fingerprint density at radius 2 is 1.39 bits per heavy atom. The normalized spacial score (nSPS) is 10.9. The van der Waals surface area contributed by atoms with Gasteiger partial charge in [0.2, 0.25) is 0 Å². The summed E-state index contributed by atoms with van der Waals surface area (Å²) in [6.07, 6.45) is 7.24. The Bertz CT molecular complexity index is 750. The van der Waals surface area contributed by atoms with Gasteiger partial charge in [-0.3, -0.25) is 0 Å². The molecule has 0 aliphatic rings. The summed E-state index contributed by atoms with van der Waals surface area (Å²) >= 11 is 6.12. The Morgan fingerprint density at radius 1 is 0.786 bits per heavy atom. The number of unbranched alkanes of at least 4 members (excludes halogenated alkanes) is 5. The lowest BCUT2D eigenvalue weighted by Gasteiger charge is -2.12. The highest BCUT2D eigenvalue weighted by molar-refractivity contribution is 6.32. The van der Waals surface area contributed by atoms with Crippen LogP contribution in [-0.2, 0) is 0 Å². The first-order valence-electron chi connectivity index (χ1n) is 10.1. The molecule has 28 heavy (non-hydrogen) atoms. The molecule has 0 saturated carbocycles. The van der Waals surface area contributed by atoms with Gasteiger partial charge in [-0.2, -0.15) is 0 Å². The Balaban J connectivity index is 2.06. The van der Waals surface area contributed by atoms with Gasteiger partial charge in [-0.1, -0.05) is 63.6 Å². The van der Waals surface area contributed by atoms with Gasteiger partial charge >= 0.3 is 0 Å². The Labute approximate surface area is 171 Å². The van der Waals surface area contributed by atoms with E-state index >= 15 is 0 Å². The molecule has 0 N–H and O–H groups in total. The van der Waals surface area contributed by atoms with E-state index in [2.05, 4.69) is 13.8 Å². The zero-order chi connectivity index (χ0) is 20.4. The molecule has 0 aliphatic heterocycles. The quantitative estimate of drug-likeness (QED) is 0.332.